The Morgan fingerprint density at radius 2 is 2.05 bits per heavy atom. The summed E-state index contributed by atoms with van der Waals surface area (Å²) < 4.78 is 26.0. The van der Waals surface area contributed by atoms with E-state index in [0.717, 1.165) is 35.7 Å². The lowest BCUT2D eigenvalue weighted by Gasteiger charge is -2.11. The molecule has 6 heteroatoms. The van der Waals surface area contributed by atoms with Gasteiger partial charge in [0.15, 0.2) is 0 Å². The van der Waals surface area contributed by atoms with Crippen LogP contribution in [0.2, 0.25) is 0 Å². The predicted octanol–water partition coefficient (Wildman–Crippen LogP) is 2.46. The lowest BCUT2D eigenvalue weighted by molar-refractivity contribution is 0.587. The molecular formula is C13H22N2O2S2. The van der Waals surface area contributed by atoms with Gasteiger partial charge in [0.2, 0.25) is 10.0 Å². The summed E-state index contributed by atoms with van der Waals surface area (Å²) in [5.41, 5.74) is 1.60. The van der Waals surface area contributed by atoms with E-state index in [9.17, 15) is 8.42 Å². The van der Waals surface area contributed by atoms with Crippen LogP contribution in [0.15, 0.2) is 23.1 Å². The van der Waals surface area contributed by atoms with Gasteiger partial charge in [-0.1, -0.05) is 13.0 Å². The normalized spacial score (nSPS) is 11.5. The van der Waals surface area contributed by atoms with Crippen LogP contribution < -0.4 is 10.0 Å². The van der Waals surface area contributed by atoms with Crippen LogP contribution >= 0.6 is 11.8 Å². The largest absolute Gasteiger partial charge is 0.385 e. The predicted molar refractivity (Wildman–Crippen MR) is 83.5 cm³/mol. The van der Waals surface area contributed by atoms with Gasteiger partial charge in [-0.25, -0.2) is 13.1 Å². The molecule has 2 N–H and O–H groups in total. The first-order valence-corrected chi connectivity index (χ1v) is 9.01. The van der Waals surface area contributed by atoms with Crippen molar-refractivity contribution in [2.24, 2.45) is 0 Å². The van der Waals surface area contributed by atoms with E-state index in [1.54, 1.807) is 13.0 Å². The van der Waals surface area contributed by atoms with Crippen LogP contribution in [0, 0.1) is 6.92 Å². The Hall–Kier alpha value is -0.720. The van der Waals surface area contributed by atoms with Crippen molar-refractivity contribution in [3.05, 3.63) is 23.8 Å². The molecule has 1 rings (SSSR count). The van der Waals surface area contributed by atoms with E-state index < -0.39 is 10.0 Å². The summed E-state index contributed by atoms with van der Waals surface area (Å²) in [6.07, 6.45) is 1.07. The number of thioether (sulfide) groups is 1. The highest BCUT2D eigenvalue weighted by Gasteiger charge is 2.14. The smallest absolute Gasteiger partial charge is 0.240 e. The molecule has 0 aliphatic rings. The Balaban J connectivity index is 2.69. The van der Waals surface area contributed by atoms with Gasteiger partial charge in [-0.05, 0) is 49.6 Å². The number of hydrogen-bond acceptors (Lipinski definition) is 4. The third-order valence-electron chi connectivity index (χ3n) is 2.75. The van der Waals surface area contributed by atoms with Gasteiger partial charge in [0, 0.05) is 12.2 Å². The van der Waals surface area contributed by atoms with Crippen molar-refractivity contribution >= 4 is 27.5 Å². The van der Waals surface area contributed by atoms with E-state index in [1.807, 2.05) is 23.9 Å². The molecule has 0 atom stereocenters. The van der Waals surface area contributed by atoms with Crippen LogP contribution in [0.25, 0.3) is 0 Å². The first-order chi connectivity index (χ1) is 9.01. The highest BCUT2D eigenvalue weighted by atomic mass is 32.2. The van der Waals surface area contributed by atoms with Crippen LogP contribution in [-0.4, -0.2) is 33.5 Å². The maximum absolute atomic E-state index is 11.8. The fourth-order valence-electron chi connectivity index (χ4n) is 1.66. The van der Waals surface area contributed by atoms with Crippen molar-refractivity contribution in [3.63, 3.8) is 0 Å². The zero-order valence-electron chi connectivity index (χ0n) is 11.7. The van der Waals surface area contributed by atoms with Crippen molar-refractivity contribution in [1.82, 2.24) is 4.72 Å². The minimum atomic E-state index is -3.38. The van der Waals surface area contributed by atoms with Gasteiger partial charge in [0.1, 0.15) is 0 Å². The van der Waals surface area contributed by atoms with Crippen LogP contribution in [0.1, 0.15) is 18.9 Å². The minimum Gasteiger partial charge on any atom is -0.385 e. The third-order valence-corrected chi connectivity index (χ3v) is 5.29. The fourth-order valence-corrected chi connectivity index (χ4v) is 3.29. The number of nitrogens with one attached hydrogen (secondary N) is 2. The molecule has 0 aromatic heterocycles. The van der Waals surface area contributed by atoms with Gasteiger partial charge in [0.05, 0.1) is 4.90 Å². The molecule has 0 spiro atoms. The van der Waals surface area contributed by atoms with Gasteiger partial charge in [0.25, 0.3) is 0 Å². The Morgan fingerprint density at radius 3 is 2.68 bits per heavy atom. The van der Waals surface area contributed by atoms with Crippen molar-refractivity contribution in [1.29, 1.82) is 0 Å². The first kappa shape index (κ1) is 16.3. The maximum atomic E-state index is 11.8. The lowest BCUT2D eigenvalue weighted by Crippen LogP contribution is -2.19. The quantitative estimate of drug-likeness (QED) is 0.724. The second-order valence-electron chi connectivity index (χ2n) is 4.17. The van der Waals surface area contributed by atoms with Gasteiger partial charge in [-0.2, -0.15) is 11.8 Å². The highest BCUT2D eigenvalue weighted by molar-refractivity contribution is 7.99. The molecule has 1 aromatic rings. The summed E-state index contributed by atoms with van der Waals surface area (Å²) in [6, 6.07) is 5.43. The van der Waals surface area contributed by atoms with Crippen LogP contribution in [0.5, 0.6) is 0 Å². The van der Waals surface area contributed by atoms with Crippen LogP contribution in [0.4, 0.5) is 5.69 Å². The average Bonchev–Trinajstić information content (AvgIpc) is 2.40. The summed E-state index contributed by atoms with van der Waals surface area (Å²) in [5, 5.41) is 3.26. The summed E-state index contributed by atoms with van der Waals surface area (Å²) in [4.78, 5) is 0.336. The number of hydrogen-bond donors (Lipinski definition) is 2. The van der Waals surface area contributed by atoms with Gasteiger partial charge in [-0.3, -0.25) is 0 Å². The van der Waals surface area contributed by atoms with Gasteiger partial charge < -0.3 is 5.32 Å². The zero-order valence-corrected chi connectivity index (χ0v) is 13.3. The van der Waals surface area contributed by atoms with E-state index in [0.29, 0.717) is 4.90 Å². The zero-order chi connectivity index (χ0) is 14.3. The number of sulfonamides is 1. The molecule has 0 bridgehead atoms. The molecule has 0 aliphatic carbocycles. The Bertz CT molecular complexity index is 501. The summed E-state index contributed by atoms with van der Waals surface area (Å²) in [5.74, 6) is 2.26. The molecule has 0 saturated carbocycles. The molecule has 0 radical (unpaired) electrons. The summed E-state index contributed by atoms with van der Waals surface area (Å²) in [7, 11) is -1.96. The molecule has 108 valence electrons. The van der Waals surface area contributed by atoms with Gasteiger partial charge >= 0.3 is 0 Å². The summed E-state index contributed by atoms with van der Waals surface area (Å²) >= 11 is 1.91. The van der Waals surface area contributed by atoms with Crippen LogP contribution in [-0.2, 0) is 10.0 Å². The Kier molecular flexibility index (Phi) is 6.68. The number of benzene rings is 1. The number of rotatable bonds is 8. The number of aryl methyl sites for hydroxylation is 1. The fraction of sp³-hybridized carbons (Fsp3) is 0.538. The molecule has 0 unspecified atom stereocenters. The highest BCUT2D eigenvalue weighted by Crippen LogP contribution is 2.19. The molecule has 1 aromatic carbocycles. The Morgan fingerprint density at radius 1 is 1.32 bits per heavy atom. The molecule has 19 heavy (non-hydrogen) atoms. The lowest BCUT2D eigenvalue weighted by atomic mass is 10.2. The van der Waals surface area contributed by atoms with E-state index >= 15 is 0 Å². The van der Waals surface area contributed by atoms with E-state index in [4.69, 9.17) is 0 Å². The molecular weight excluding hydrogens is 280 g/mol. The molecule has 0 amide bonds. The molecule has 0 heterocycles. The monoisotopic (exact) mass is 302 g/mol. The van der Waals surface area contributed by atoms with Crippen molar-refractivity contribution in [2.45, 2.75) is 25.2 Å². The summed E-state index contributed by atoms with van der Waals surface area (Å²) in [6.45, 7) is 4.80. The topological polar surface area (TPSA) is 58.2 Å². The van der Waals surface area contributed by atoms with Crippen molar-refractivity contribution in [2.75, 3.05) is 30.4 Å². The van der Waals surface area contributed by atoms with Gasteiger partial charge in [-0.15, -0.1) is 0 Å². The number of anilines is 1. The third kappa shape index (κ3) is 5.04. The van der Waals surface area contributed by atoms with E-state index in [-0.39, 0.29) is 0 Å². The minimum absolute atomic E-state index is 0.336. The first-order valence-electron chi connectivity index (χ1n) is 6.37. The van der Waals surface area contributed by atoms with E-state index in [1.165, 1.54) is 7.05 Å². The van der Waals surface area contributed by atoms with Crippen LogP contribution in [0.3, 0.4) is 0 Å². The maximum Gasteiger partial charge on any atom is 0.240 e. The molecule has 4 nitrogen and oxygen atoms in total. The molecule has 0 aliphatic heterocycles. The Labute approximate surface area is 120 Å². The molecule has 0 saturated heterocycles. The standard InChI is InChI=1S/C13H22N2O2S2/c1-4-18-9-5-8-15-12-7-6-11(2)13(10-12)19(16,17)14-3/h6-7,10,14-15H,4-5,8-9H2,1-3H3. The second-order valence-corrected chi connectivity index (χ2v) is 7.41. The average molecular weight is 302 g/mol. The van der Waals surface area contributed by atoms with Crippen molar-refractivity contribution < 1.29 is 8.42 Å². The SMILES string of the molecule is CCSCCCNc1ccc(C)c(S(=O)(=O)NC)c1. The second kappa shape index (κ2) is 7.77. The van der Waals surface area contributed by atoms with Crippen molar-refractivity contribution in [3.8, 4) is 0 Å². The molecule has 0 fully saturated rings. The van der Waals surface area contributed by atoms with E-state index in [2.05, 4.69) is 17.0 Å².